The highest BCUT2D eigenvalue weighted by Crippen LogP contribution is 2.23. The van der Waals surface area contributed by atoms with Crippen molar-refractivity contribution in [2.24, 2.45) is 0 Å². The molecule has 1 heterocycles. The normalized spacial score (nSPS) is 11.7. The Kier molecular flexibility index (Phi) is 5.63. The van der Waals surface area contributed by atoms with Gasteiger partial charge >= 0.3 is 0 Å². The fraction of sp³-hybridized carbons (Fsp3) is 0.150. The molecule has 3 aromatic rings. The minimum Gasteiger partial charge on any atom is -0.340 e. The number of hydrogen-bond acceptors (Lipinski definition) is 4. The molecule has 132 valence electrons. The van der Waals surface area contributed by atoms with Crippen molar-refractivity contribution in [2.75, 3.05) is 10.6 Å². The largest absolute Gasteiger partial charge is 0.340 e. The summed E-state index contributed by atoms with van der Waals surface area (Å²) in [6.45, 7) is 3.65. The van der Waals surface area contributed by atoms with Crippen molar-refractivity contribution >= 4 is 39.0 Å². The fourth-order valence-electron chi connectivity index (χ4n) is 2.45. The lowest BCUT2D eigenvalue weighted by Gasteiger charge is -2.11. The maximum Gasteiger partial charge on any atom is 0.237 e. The molecule has 0 aliphatic rings. The predicted molar refractivity (Wildman–Crippen MR) is 109 cm³/mol. The van der Waals surface area contributed by atoms with Crippen LogP contribution in [0.2, 0.25) is 0 Å². The van der Waals surface area contributed by atoms with Gasteiger partial charge in [0.25, 0.3) is 0 Å². The van der Waals surface area contributed by atoms with Gasteiger partial charge in [0.05, 0.1) is 10.5 Å². The van der Waals surface area contributed by atoms with Crippen LogP contribution in [0.5, 0.6) is 0 Å². The first-order valence-corrected chi connectivity index (χ1v) is 9.16. The van der Waals surface area contributed by atoms with Crippen LogP contribution in [0.1, 0.15) is 12.7 Å². The minimum absolute atomic E-state index is 0.0913. The second-order valence-electron chi connectivity index (χ2n) is 5.86. The molecule has 2 N–H and O–H groups in total. The number of benzene rings is 2. The van der Waals surface area contributed by atoms with E-state index in [0.717, 1.165) is 22.6 Å². The Morgan fingerprint density at radius 2 is 1.73 bits per heavy atom. The lowest BCUT2D eigenvalue weighted by Crippen LogP contribution is -2.19. The molecule has 1 unspecified atom stereocenters. The summed E-state index contributed by atoms with van der Waals surface area (Å²) in [5, 5.41) is 6.14. The molecule has 0 bridgehead atoms. The van der Waals surface area contributed by atoms with E-state index in [2.05, 4.69) is 36.5 Å². The van der Waals surface area contributed by atoms with Gasteiger partial charge < -0.3 is 10.6 Å². The zero-order valence-electron chi connectivity index (χ0n) is 14.5. The molecule has 0 radical (unpaired) electrons. The van der Waals surface area contributed by atoms with E-state index in [-0.39, 0.29) is 10.7 Å². The molecule has 0 spiro atoms. The van der Waals surface area contributed by atoms with Gasteiger partial charge in [-0.1, -0.05) is 52.3 Å². The molecule has 1 aromatic heterocycles. The van der Waals surface area contributed by atoms with Crippen molar-refractivity contribution in [3.8, 4) is 11.3 Å². The number of nitrogens with zero attached hydrogens (tertiary/aromatic N) is 2. The van der Waals surface area contributed by atoms with Gasteiger partial charge in [-0.25, -0.2) is 9.97 Å². The lowest BCUT2D eigenvalue weighted by atomic mass is 10.1. The smallest absolute Gasteiger partial charge is 0.237 e. The van der Waals surface area contributed by atoms with Crippen LogP contribution in [0.4, 0.5) is 17.2 Å². The van der Waals surface area contributed by atoms with Crippen LogP contribution < -0.4 is 10.6 Å². The number of rotatable bonds is 5. The molecule has 2 aromatic carbocycles. The van der Waals surface area contributed by atoms with Crippen LogP contribution in [-0.2, 0) is 4.79 Å². The van der Waals surface area contributed by atoms with Crippen LogP contribution >= 0.6 is 15.9 Å². The van der Waals surface area contributed by atoms with Gasteiger partial charge in [0, 0.05) is 23.0 Å². The average molecular weight is 411 g/mol. The summed E-state index contributed by atoms with van der Waals surface area (Å²) in [6.07, 6.45) is 0. The molecule has 1 atom stereocenters. The van der Waals surface area contributed by atoms with Crippen molar-refractivity contribution in [3.05, 3.63) is 66.5 Å². The van der Waals surface area contributed by atoms with Crippen molar-refractivity contribution < 1.29 is 4.79 Å². The third kappa shape index (κ3) is 4.67. The first kappa shape index (κ1) is 18.1. The summed E-state index contributed by atoms with van der Waals surface area (Å²) >= 11 is 3.26. The number of carbonyl (C=O) groups is 1. The summed E-state index contributed by atoms with van der Waals surface area (Å²) in [7, 11) is 0. The summed E-state index contributed by atoms with van der Waals surface area (Å²) in [6, 6.07) is 19.4. The maximum atomic E-state index is 11.8. The third-order valence-corrected chi connectivity index (χ3v) is 4.09. The van der Waals surface area contributed by atoms with Gasteiger partial charge in [0.2, 0.25) is 5.91 Å². The van der Waals surface area contributed by atoms with Crippen LogP contribution in [-0.4, -0.2) is 20.7 Å². The summed E-state index contributed by atoms with van der Waals surface area (Å²) in [5.74, 6) is 1.30. The highest BCUT2D eigenvalue weighted by molar-refractivity contribution is 9.10. The van der Waals surface area contributed by atoms with Gasteiger partial charge in [-0.05, 0) is 32.0 Å². The Bertz CT molecular complexity index is 913. The van der Waals surface area contributed by atoms with Gasteiger partial charge in [-0.2, -0.15) is 0 Å². The Morgan fingerprint density at radius 3 is 2.46 bits per heavy atom. The number of carbonyl (C=O) groups excluding carboxylic acids is 1. The zero-order chi connectivity index (χ0) is 18.5. The number of hydrogen-bond donors (Lipinski definition) is 2. The molecule has 3 rings (SSSR count). The number of nitrogens with one attached hydrogen (secondary N) is 2. The van der Waals surface area contributed by atoms with Crippen LogP contribution in [0, 0.1) is 6.92 Å². The van der Waals surface area contributed by atoms with Crippen molar-refractivity contribution in [1.82, 2.24) is 9.97 Å². The third-order valence-electron chi connectivity index (χ3n) is 3.67. The number of aryl methyl sites for hydroxylation is 1. The summed E-state index contributed by atoms with van der Waals surface area (Å²) in [4.78, 5) is 20.5. The molecular formula is C20H19BrN4O. The van der Waals surface area contributed by atoms with Crippen LogP contribution in [0.25, 0.3) is 11.3 Å². The Hall–Kier alpha value is -2.73. The van der Waals surface area contributed by atoms with Crippen molar-refractivity contribution in [3.63, 3.8) is 0 Å². The average Bonchev–Trinajstić information content (AvgIpc) is 2.62. The molecule has 1 amide bonds. The molecular weight excluding hydrogens is 392 g/mol. The summed E-state index contributed by atoms with van der Waals surface area (Å²) < 4.78 is 0. The van der Waals surface area contributed by atoms with Gasteiger partial charge in [0.1, 0.15) is 11.6 Å². The maximum absolute atomic E-state index is 11.8. The van der Waals surface area contributed by atoms with E-state index in [9.17, 15) is 4.79 Å². The second kappa shape index (κ2) is 8.10. The second-order valence-corrected chi connectivity index (χ2v) is 7.24. The number of aromatic nitrogens is 2. The van der Waals surface area contributed by atoms with Gasteiger partial charge in [0.15, 0.2) is 0 Å². The number of anilines is 3. The van der Waals surface area contributed by atoms with Gasteiger partial charge in [-0.15, -0.1) is 0 Å². The SMILES string of the molecule is Cc1nc(Nc2cccc(NC(=O)C(C)Br)c2)cc(-c2ccccc2)n1. The zero-order valence-corrected chi connectivity index (χ0v) is 16.1. The summed E-state index contributed by atoms with van der Waals surface area (Å²) in [5.41, 5.74) is 3.45. The van der Waals surface area contributed by atoms with E-state index in [0.29, 0.717) is 11.6 Å². The lowest BCUT2D eigenvalue weighted by molar-refractivity contribution is -0.115. The van der Waals surface area contributed by atoms with E-state index in [1.165, 1.54) is 0 Å². The van der Waals surface area contributed by atoms with Crippen molar-refractivity contribution in [2.45, 2.75) is 18.7 Å². The van der Waals surface area contributed by atoms with Crippen LogP contribution in [0.15, 0.2) is 60.7 Å². The van der Waals surface area contributed by atoms with E-state index >= 15 is 0 Å². The standard InChI is InChI=1S/C20H19BrN4O/c1-13(21)20(26)25-17-10-6-9-16(11-17)24-19-12-18(22-14(2)23-19)15-7-4-3-5-8-15/h3-13H,1-2H3,(H,25,26)(H,22,23,24). The Balaban J connectivity index is 1.83. The molecule has 0 saturated carbocycles. The predicted octanol–water partition coefficient (Wildman–Crippen LogP) is 4.92. The van der Waals surface area contributed by atoms with Crippen LogP contribution in [0.3, 0.4) is 0 Å². The molecule has 0 aliphatic carbocycles. The first-order valence-electron chi connectivity index (χ1n) is 8.24. The number of alkyl halides is 1. The molecule has 5 nitrogen and oxygen atoms in total. The Morgan fingerprint density at radius 1 is 1.00 bits per heavy atom. The quantitative estimate of drug-likeness (QED) is 0.585. The minimum atomic E-state index is -0.253. The Labute approximate surface area is 161 Å². The first-order chi connectivity index (χ1) is 12.5. The highest BCUT2D eigenvalue weighted by atomic mass is 79.9. The molecule has 0 fully saturated rings. The van der Waals surface area contributed by atoms with E-state index in [4.69, 9.17) is 0 Å². The van der Waals surface area contributed by atoms with E-state index in [1.807, 2.05) is 67.6 Å². The van der Waals surface area contributed by atoms with Crippen molar-refractivity contribution in [1.29, 1.82) is 0 Å². The van der Waals surface area contributed by atoms with E-state index < -0.39 is 0 Å². The fourth-order valence-corrected chi connectivity index (χ4v) is 2.57. The highest BCUT2D eigenvalue weighted by Gasteiger charge is 2.09. The van der Waals surface area contributed by atoms with Gasteiger partial charge in [-0.3, -0.25) is 4.79 Å². The number of amides is 1. The number of halogens is 1. The van der Waals surface area contributed by atoms with E-state index in [1.54, 1.807) is 6.92 Å². The molecule has 26 heavy (non-hydrogen) atoms. The topological polar surface area (TPSA) is 66.9 Å². The monoisotopic (exact) mass is 410 g/mol. The molecule has 0 saturated heterocycles. The molecule has 0 aliphatic heterocycles. The molecule has 6 heteroatoms.